The van der Waals surface area contributed by atoms with E-state index in [-0.39, 0.29) is 28.2 Å². The quantitative estimate of drug-likeness (QED) is 0.824. The van der Waals surface area contributed by atoms with Gasteiger partial charge in [-0.25, -0.2) is 12.8 Å². The minimum absolute atomic E-state index is 0.177. The Morgan fingerprint density at radius 2 is 1.71 bits per heavy atom. The van der Waals surface area contributed by atoms with Crippen LogP contribution in [0.4, 0.5) is 4.39 Å². The first-order chi connectivity index (χ1) is 13.3. The second-order valence-corrected chi connectivity index (χ2v) is 9.10. The fourth-order valence-corrected chi connectivity index (χ4v) is 5.15. The van der Waals surface area contributed by atoms with Crippen LogP contribution in [0, 0.1) is 12.7 Å². The summed E-state index contributed by atoms with van der Waals surface area (Å²) in [6.07, 6.45) is 2.75. The Bertz CT molecular complexity index is 952. The number of hydrogen-bond donors (Lipinski definition) is 1. The van der Waals surface area contributed by atoms with E-state index in [4.69, 9.17) is 0 Å². The second-order valence-electron chi connectivity index (χ2n) is 7.19. The molecule has 0 aromatic heterocycles. The van der Waals surface area contributed by atoms with Gasteiger partial charge in [0.05, 0.1) is 10.9 Å². The molecule has 7 heteroatoms. The van der Waals surface area contributed by atoms with Gasteiger partial charge in [0.2, 0.25) is 10.0 Å². The van der Waals surface area contributed by atoms with Gasteiger partial charge < -0.3 is 5.32 Å². The van der Waals surface area contributed by atoms with E-state index in [1.807, 2.05) is 0 Å². The molecule has 1 saturated heterocycles. The monoisotopic (exact) mass is 404 g/mol. The average Bonchev–Trinajstić information content (AvgIpc) is 2.69. The number of halogens is 1. The van der Waals surface area contributed by atoms with Crippen LogP contribution in [0.5, 0.6) is 0 Å². The molecule has 2 aromatic rings. The highest BCUT2D eigenvalue weighted by Crippen LogP contribution is 2.25. The molecule has 2 aromatic carbocycles. The van der Waals surface area contributed by atoms with Crippen LogP contribution in [0.15, 0.2) is 47.4 Å². The maximum Gasteiger partial charge on any atom is 0.251 e. The summed E-state index contributed by atoms with van der Waals surface area (Å²) < 4.78 is 40.6. The van der Waals surface area contributed by atoms with Crippen LogP contribution in [0.3, 0.4) is 0 Å². The summed E-state index contributed by atoms with van der Waals surface area (Å²) in [5, 5.41) is 2.84. The normalized spacial score (nSPS) is 16.5. The van der Waals surface area contributed by atoms with Gasteiger partial charge in [0, 0.05) is 18.7 Å². The predicted octanol–water partition coefficient (Wildman–Crippen LogP) is 3.80. The van der Waals surface area contributed by atoms with Crippen LogP contribution in [-0.4, -0.2) is 31.7 Å². The van der Waals surface area contributed by atoms with E-state index >= 15 is 0 Å². The summed E-state index contributed by atoms with van der Waals surface area (Å²) >= 11 is 0. The molecule has 0 spiro atoms. The zero-order chi connectivity index (χ0) is 20.3. The summed E-state index contributed by atoms with van der Waals surface area (Å²) in [5.41, 5.74) is 1.67. The van der Waals surface area contributed by atoms with Crippen LogP contribution in [0.25, 0.3) is 0 Å². The number of nitrogens with one attached hydrogen (secondary N) is 1. The lowest BCUT2D eigenvalue weighted by atomic mass is 10.1. The first-order valence-electron chi connectivity index (χ1n) is 9.46. The Morgan fingerprint density at radius 1 is 1.07 bits per heavy atom. The molecule has 0 unspecified atom stereocenters. The van der Waals surface area contributed by atoms with Crippen LogP contribution < -0.4 is 5.32 Å². The van der Waals surface area contributed by atoms with E-state index in [1.165, 1.54) is 22.5 Å². The predicted molar refractivity (Wildman–Crippen MR) is 106 cm³/mol. The van der Waals surface area contributed by atoms with Gasteiger partial charge >= 0.3 is 0 Å². The molecule has 0 saturated carbocycles. The second kappa shape index (κ2) is 8.41. The first kappa shape index (κ1) is 20.5. The topological polar surface area (TPSA) is 66.5 Å². The Morgan fingerprint density at radius 3 is 2.36 bits per heavy atom. The van der Waals surface area contributed by atoms with Crippen LogP contribution in [-0.2, 0) is 10.0 Å². The molecule has 0 radical (unpaired) electrons. The number of carbonyl (C=O) groups is 1. The van der Waals surface area contributed by atoms with Gasteiger partial charge in [-0.15, -0.1) is 0 Å². The van der Waals surface area contributed by atoms with E-state index in [9.17, 15) is 17.6 Å². The summed E-state index contributed by atoms with van der Waals surface area (Å²) in [7, 11) is -3.62. The van der Waals surface area contributed by atoms with Crippen molar-refractivity contribution in [3.63, 3.8) is 0 Å². The number of sulfonamides is 1. The average molecular weight is 405 g/mol. The zero-order valence-corrected chi connectivity index (χ0v) is 16.9. The summed E-state index contributed by atoms with van der Waals surface area (Å²) in [6.45, 7) is 4.56. The molecular weight excluding hydrogens is 379 g/mol. The van der Waals surface area contributed by atoms with Gasteiger partial charge in [0.25, 0.3) is 5.91 Å². The Hall–Kier alpha value is -2.25. The molecule has 1 aliphatic rings. The highest BCUT2D eigenvalue weighted by Gasteiger charge is 2.28. The summed E-state index contributed by atoms with van der Waals surface area (Å²) in [4.78, 5) is 12.8. The Kier molecular flexibility index (Phi) is 6.15. The van der Waals surface area contributed by atoms with Gasteiger partial charge in [-0.05, 0) is 62.1 Å². The lowest BCUT2D eigenvalue weighted by Crippen LogP contribution is -2.36. The fraction of sp³-hybridized carbons (Fsp3) is 0.381. The highest BCUT2D eigenvalue weighted by atomic mass is 32.2. The molecule has 1 atom stereocenters. The first-order valence-corrected chi connectivity index (χ1v) is 10.9. The van der Waals surface area contributed by atoms with Gasteiger partial charge in [-0.1, -0.05) is 24.6 Å². The third-order valence-electron chi connectivity index (χ3n) is 5.10. The smallest absolute Gasteiger partial charge is 0.251 e. The molecule has 0 bridgehead atoms. The molecule has 5 nitrogen and oxygen atoms in total. The lowest BCUT2D eigenvalue weighted by Gasteiger charge is -2.26. The van der Waals surface area contributed by atoms with Crippen molar-refractivity contribution in [1.29, 1.82) is 0 Å². The van der Waals surface area contributed by atoms with E-state index in [2.05, 4.69) is 5.32 Å². The standard InChI is InChI=1S/C21H25FN2O3S/c1-15-6-7-18(14-20(15)28(26,27)24-12-4-3-5-13-24)21(25)23-16(2)17-8-10-19(22)11-9-17/h6-11,14,16H,3-5,12-13H2,1-2H3,(H,23,25)/t16-/m1/s1. The molecule has 0 aliphatic carbocycles. The lowest BCUT2D eigenvalue weighted by molar-refractivity contribution is 0.0939. The molecule has 1 heterocycles. The molecule has 28 heavy (non-hydrogen) atoms. The maximum atomic E-state index is 13.1. The molecule has 1 amide bonds. The molecular formula is C21H25FN2O3S. The Labute approximate surface area is 165 Å². The van der Waals surface area contributed by atoms with Gasteiger partial charge in [-0.2, -0.15) is 4.31 Å². The van der Waals surface area contributed by atoms with E-state index < -0.39 is 10.0 Å². The number of hydrogen-bond acceptors (Lipinski definition) is 3. The van der Waals surface area contributed by atoms with E-state index in [1.54, 1.807) is 38.1 Å². The molecule has 1 fully saturated rings. The minimum atomic E-state index is -3.62. The SMILES string of the molecule is Cc1ccc(C(=O)N[C@H](C)c2ccc(F)cc2)cc1S(=O)(=O)N1CCCCC1. The van der Waals surface area contributed by atoms with Crippen molar-refractivity contribution in [2.75, 3.05) is 13.1 Å². The number of benzene rings is 2. The highest BCUT2D eigenvalue weighted by molar-refractivity contribution is 7.89. The fourth-order valence-electron chi connectivity index (χ4n) is 3.38. The number of rotatable bonds is 5. The van der Waals surface area contributed by atoms with Crippen molar-refractivity contribution in [2.24, 2.45) is 0 Å². The van der Waals surface area contributed by atoms with E-state index in [0.29, 0.717) is 18.7 Å². The van der Waals surface area contributed by atoms with Crippen molar-refractivity contribution < 1.29 is 17.6 Å². The van der Waals surface area contributed by atoms with Crippen LogP contribution >= 0.6 is 0 Å². The van der Waals surface area contributed by atoms with Gasteiger partial charge in [0.1, 0.15) is 5.82 Å². The van der Waals surface area contributed by atoms with Gasteiger partial charge in [0.15, 0.2) is 0 Å². The Balaban J connectivity index is 1.82. The molecule has 1 N–H and O–H groups in total. The molecule has 150 valence electrons. The van der Waals surface area contributed by atoms with Gasteiger partial charge in [-0.3, -0.25) is 4.79 Å². The number of amides is 1. The largest absolute Gasteiger partial charge is 0.346 e. The van der Waals surface area contributed by atoms with E-state index in [0.717, 1.165) is 24.8 Å². The van der Waals surface area contributed by atoms with Crippen molar-refractivity contribution in [2.45, 2.75) is 44.0 Å². The zero-order valence-electron chi connectivity index (χ0n) is 16.1. The van der Waals surface area contributed by atoms with Crippen molar-refractivity contribution in [3.8, 4) is 0 Å². The van der Waals surface area contributed by atoms with Crippen LogP contribution in [0.2, 0.25) is 0 Å². The summed E-state index contributed by atoms with van der Waals surface area (Å²) in [6, 6.07) is 10.3. The van der Waals surface area contributed by atoms with Crippen molar-refractivity contribution in [3.05, 3.63) is 65.0 Å². The molecule has 3 rings (SSSR count). The number of nitrogens with zero attached hydrogens (tertiary/aromatic N) is 1. The number of aryl methyl sites for hydroxylation is 1. The third-order valence-corrected chi connectivity index (χ3v) is 7.14. The van der Waals surface area contributed by atoms with Crippen molar-refractivity contribution >= 4 is 15.9 Å². The third kappa shape index (κ3) is 4.42. The minimum Gasteiger partial charge on any atom is -0.346 e. The molecule has 1 aliphatic heterocycles. The van der Waals surface area contributed by atoms with Crippen molar-refractivity contribution in [1.82, 2.24) is 9.62 Å². The summed E-state index contributed by atoms with van der Waals surface area (Å²) in [5.74, 6) is -0.708. The van der Waals surface area contributed by atoms with Crippen LogP contribution in [0.1, 0.15) is 53.7 Å². The number of carbonyl (C=O) groups excluding carboxylic acids is 1. The number of piperidine rings is 1. The maximum absolute atomic E-state index is 13.1.